The molecule has 0 bridgehead atoms. The quantitative estimate of drug-likeness (QED) is 0.558. The van der Waals surface area contributed by atoms with Crippen molar-refractivity contribution in [1.82, 2.24) is 0 Å². The summed E-state index contributed by atoms with van der Waals surface area (Å²) in [6, 6.07) is 30.6. The zero-order valence-electron chi connectivity index (χ0n) is 14.7. The number of carbonyl (C=O) groups is 1. The molecule has 1 atom stereocenters. The Balaban J connectivity index is 2.29. The van der Waals surface area contributed by atoms with Crippen molar-refractivity contribution >= 4 is 17.7 Å². The molecule has 0 aliphatic carbocycles. The summed E-state index contributed by atoms with van der Waals surface area (Å²) in [5.74, 6) is -0.773. The average molecular weight is 362 g/mol. The Bertz CT molecular complexity index is 735. The monoisotopic (exact) mass is 362 g/mol. The zero-order chi connectivity index (χ0) is 18.4. The highest BCUT2D eigenvalue weighted by Gasteiger charge is 2.40. The first-order chi connectivity index (χ1) is 12.7. The molecule has 26 heavy (non-hydrogen) atoms. The normalized spacial score (nSPS) is 12.5. The van der Waals surface area contributed by atoms with E-state index in [2.05, 4.69) is 36.4 Å². The largest absolute Gasteiger partial charge is 0.480 e. The lowest BCUT2D eigenvalue weighted by Crippen LogP contribution is -2.31. The smallest absolute Gasteiger partial charge is 0.316 e. The third-order valence-corrected chi connectivity index (χ3v) is 6.39. The number of carboxylic acids is 1. The fraction of sp³-hybridized carbons (Fsp3) is 0.174. The van der Waals surface area contributed by atoms with Crippen LogP contribution in [0.25, 0.3) is 0 Å². The summed E-state index contributed by atoms with van der Waals surface area (Å²) in [5, 5.41) is 9.25. The van der Waals surface area contributed by atoms with E-state index >= 15 is 0 Å². The lowest BCUT2D eigenvalue weighted by atomic mass is 9.84. The Hall–Kier alpha value is -2.52. The second-order valence-corrected chi connectivity index (χ2v) is 7.55. The molecule has 0 heterocycles. The van der Waals surface area contributed by atoms with Gasteiger partial charge in [-0.2, -0.15) is 0 Å². The summed E-state index contributed by atoms with van der Waals surface area (Å²) in [5.41, 5.74) is 3.26. The van der Waals surface area contributed by atoms with Crippen molar-refractivity contribution in [2.24, 2.45) is 0 Å². The molecule has 132 valence electrons. The van der Waals surface area contributed by atoms with Gasteiger partial charge in [0.2, 0.25) is 0 Å². The van der Waals surface area contributed by atoms with Crippen LogP contribution in [0.15, 0.2) is 91.0 Å². The summed E-state index contributed by atoms with van der Waals surface area (Å²) in [6.07, 6.45) is 0.564. The first kappa shape index (κ1) is 18.3. The number of aliphatic carboxylic acids is 1. The summed E-state index contributed by atoms with van der Waals surface area (Å²) in [4.78, 5) is 11.9. The highest BCUT2D eigenvalue weighted by Crippen LogP contribution is 2.50. The third-order valence-electron chi connectivity index (χ3n) is 4.51. The van der Waals surface area contributed by atoms with Gasteiger partial charge in [-0.15, -0.1) is 11.8 Å². The van der Waals surface area contributed by atoms with Crippen molar-refractivity contribution in [2.45, 2.75) is 23.3 Å². The molecular formula is C23H22O2S. The van der Waals surface area contributed by atoms with Gasteiger partial charge in [0.1, 0.15) is 5.25 Å². The van der Waals surface area contributed by atoms with Gasteiger partial charge in [-0.1, -0.05) is 97.9 Å². The number of thioether (sulfide) groups is 1. The lowest BCUT2D eigenvalue weighted by Gasteiger charge is -2.37. The lowest BCUT2D eigenvalue weighted by molar-refractivity contribution is -0.136. The van der Waals surface area contributed by atoms with Crippen molar-refractivity contribution in [3.05, 3.63) is 108 Å². The van der Waals surface area contributed by atoms with Crippen molar-refractivity contribution < 1.29 is 9.90 Å². The molecule has 1 unspecified atom stereocenters. The molecule has 3 rings (SSSR count). The molecule has 3 aromatic rings. The molecule has 0 aliphatic heterocycles. The van der Waals surface area contributed by atoms with Crippen LogP contribution in [0.3, 0.4) is 0 Å². The predicted molar refractivity (Wildman–Crippen MR) is 109 cm³/mol. The molecule has 0 amide bonds. The minimum atomic E-state index is -0.773. The number of hydrogen-bond donors (Lipinski definition) is 1. The van der Waals surface area contributed by atoms with E-state index in [9.17, 15) is 9.90 Å². The van der Waals surface area contributed by atoms with Crippen LogP contribution in [0.2, 0.25) is 0 Å². The van der Waals surface area contributed by atoms with Crippen LogP contribution in [0.5, 0.6) is 0 Å². The third kappa shape index (κ3) is 3.54. The van der Waals surface area contributed by atoms with Gasteiger partial charge in [-0.3, -0.25) is 4.79 Å². The number of benzene rings is 3. The van der Waals surface area contributed by atoms with Crippen molar-refractivity contribution in [1.29, 1.82) is 0 Å². The maximum atomic E-state index is 11.9. The summed E-state index contributed by atoms with van der Waals surface area (Å²) >= 11 is 1.51. The van der Waals surface area contributed by atoms with Crippen LogP contribution in [0.1, 0.15) is 30.0 Å². The Morgan fingerprint density at radius 3 is 1.42 bits per heavy atom. The van der Waals surface area contributed by atoms with E-state index in [1.54, 1.807) is 0 Å². The SMILES string of the molecule is CCC(SC(c1ccccc1)(c1ccccc1)c1ccccc1)C(=O)O. The fourth-order valence-electron chi connectivity index (χ4n) is 3.24. The maximum Gasteiger partial charge on any atom is 0.316 e. The van der Waals surface area contributed by atoms with E-state index in [4.69, 9.17) is 0 Å². The fourth-order valence-corrected chi connectivity index (χ4v) is 4.76. The molecule has 0 aromatic heterocycles. The van der Waals surface area contributed by atoms with Gasteiger partial charge in [-0.25, -0.2) is 0 Å². The van der Waals surface area contributed by atoms with Gasteiger partial charge < -0.3 is 5.11 Å². The summed E-state index contributed by atoms with van der Waals surface area (Å²) in [6.45, 7) is 1.93. The molecule has 0 radical (unpaired) electrons. The van der Waals surface area contributed by atoms with E-state index in [-0.39, 0.29) is 0 Å². The van der Waals surface area contributed by atoms with Crippen LogP contribution in [0, 0.1) is 0 Å². The molecule has 3 heteroatoms. The Kier molecular flexibility index (Phi) is 5.79. The van der Waals surface area contributed by atoms with Crippen LogP contribution in [-0.2, 0) is 9.54 Å². The first-order valence-corrected chi connectivity index (χ1v) is 9.63. The van der Waals surface area contributed by atoms with Gasteiger partial charge in [0, 0.05) is 0 Å². The highest BCUT2D eigenvalue weighted by atomic mass is 32.2. The highest BCUT2D eigenvalue weighted by molar-refractivity contribution is 8.01. The van der Waals surface area contributed by atoms with Crippen molar-refractivity contribution in [2.75, 3.05) is 0 Å². The van der Waals surface area contributed by atoms with Gasteiger partial charge in [0.05, 0.1) is 4.75 Å². The van der Waals surface area contributed by atoms with Gasteiger partial charge >= 0.3 is 5.97 Å². The van der Waals surface area contributed by atoms with E-state index in [1.807, 2.05) is 61.5 Å². The molecule has 0 spiro atoms. The molecule has 0 aliphatic rings. The zero-order valence-corrected chi connectivity index (χ0v) is 15.5. The second-order valence-electron chi connectivity index (χ2n) is 6.13. The van der Waals surface area contributed by atoms with Gasteiger partial charge in [0.25, 0.3) is 0 Å². The van der Waals surface area contributed by atoms with Gasteiger partial charge in [0.15, 0.2) is 0 Å². The molecule has 1 N–H and O–H groups in total. The van der Waals surface area contributed by atoms with Crippen molar-refractivity contribution in [3.8, 4) is 0 Å². The molecule has 0 saturated carbocycles. The second kappa shape index (κ2) is 8.24. The summed E-state index contributed by atoms with van der Waals surface area (Å²) in [7, 11) is 0. The number of rotatable bonds is 7. The number of carboxylic acid groups (broad SMARTS) is 1. The predicted octanol–water partition coefficient (Wildman–Crippen LogP) is 5.57. The topological polar surface area (TPSA) is 37.3 Å². The van der Waals surface area contributed by atoms with E-state index < -0.39 is 16.0 Å². The first-order valence-electron chi connectivity index (χ1n) is 8.75. The molecule has 3 aromatic carbocycles. The Morgan fingerprint density at radius 1 is 0.808 bits per heavy atom. The number of hydrogen-bond acceptors (Lipinski definition) is 2. The minimum absolute atomic E-state index is 0.504. The average Bonchev–Trinajstić information content (AvgIpc) is 2.71. The van der Waals surface area contributed by atoms with Gasteiger partial charge in [-0.05, 0) is 23.1 Å². The molecular weight excluding hydrogens is 340 g/mol. The standard InChI is InChI=1S/C23H22O2S/c1-2-21(22(24)25)26-23(18-12-6-3-7-13-18,19-14-8-4-9-15-19)20-16-10-5-11-17-20/h3-17,21H,2H2,1H3,(H,24,25). The molecule has 2 nitrogen and oxygen atoms in total. The minimum Gasteiger partial charge on any atom is -0.480 e. The van der Waals surface area contributed by atoms with E-state index in [1.165, 1.54) is 11.8 Å². The summed E-state index contributed by atoms with van der Waals surface area (Å²) < 4.78 is -0.581. The van der Waals surface area contributed by atoms with E-state index in [0.29, 0.717) is 6.42 Å². The van der Waals surface area contributed by atoms with Crippen LogP contribution in [-0.4, -0.2) is 16.3 Å². The van der Waals surface area contributed by atoms with E-state index in [0.717, 1.165) is 16.7 Å². The maximum absolute atomic E-state index is 11.9. The Labute approximate surface area is 158 Å². The molecule has 0 fully saturated rings. The van der Waals surface area contributed by atoms with Crippen molar-refractivity contribution in [3.63, 3.8) is 0 Å². The Morgan fingerprint density at radius 2 is 1.15 bits per heavy atom. The van der Waals surface area contributed by atoms with Crippen LogP contribution in [0.4, 0.5) is 0 Å². The van der Waals surface area contributed by atoms with Crippen LogP contribution >= 0.6 is 11.8 Å². The molecule has 0 saturated heterocycles. The van der Waals surface area contributed by atoms with Crippen LogP contribution < -0.4 is 0 Å².